The summed E-state index contributed by atoms with van der Waals surface area (Å²) in [5, 5.41) is 0. The summed E-state index contributed by atoms with van der Waals surface area (Å²) in [5.74, 6) is 1.42. The topological polar surface area (TPSA) is 12.4 Å². The molecule has 2 rings (SSSR count). The highest BCUT2D eigenvalue weighted by Crippen LogP contribution is 2.50. The molecule has 2 atom stereocenters. The number of aliphatic imine (C=N–C) groups is 1. The first-order chi connectivity index (χ1) is 9.10. The minimum atomic E-state index is 0.552. The zero-order valence-corrected chi connectivity index (χ0v) is 13.3. The van der Waals surface area contributed by atoms with Gasteiger partial charge in [-0.05, 0) is 48.5 Å². The van der Waals surface area contributed by atoms with Crippen molar-refractivity contribution in [2.75, 3.05) is 0 Å². The van der Waals surface area contributed by atoms with E-state index in [4.69, 9.17) is 4.99 Å². The van der Waals surface area contributed by atoms with Gasteiger partial charge in [0.25, 0.3) is 0 Å². The van der Waals surface area contributed by atoms with E-state index in [1.807, 2.05) is 0 Å². The smallest absolute Gasteiger partial charge is 0.0562 e. The predicted octanol–water partition coefficient (Wildman–Crippen LogP) is 5.41. The molecule has 0 aromatic heterocycles. The van der Waals surface area contributed by atoms with Crippen molar-refractivity contribution in [3.05, 3.63) is 11.6 Å². The van der Waals surface area contributed by atoms with E-state index in [1.54, 1.807) is 0 Å². The molecule has 1 heteroatoms. The average molecular weight is 261 g/mol. The van der Waals surface area contributed by atoms with Crippen LogP contribution >= 0.6 is 0 Å². The Balaban J connectivity index is 1.95. The van der Waals surface area contributed by atoms with Crippen molar-refractivity contribution >= 4 is 6.21 Å². The Morgan fingerprint density at radius 3 is 2.42 bits per heavy atom. The van der Waals surface area contributed by atoms with Crippen molar-refractivity contribution in [2.45, 2.75) is 78.7 Å². The van der Waals surface area contributed by atoms with Crippen LogP contribution < -0.4 is 0 Å². The lowest BCUT2D eigenvalue weighted by Gasteiger charge is -2.45. The van der Waals surface area contributed by atoms with E-state index >= 15 is 0 Å². The van der Waals surface area contributed by atoms with Crippen LogP contribution in [0.25, 0.3) is 0 Å². The van der Waals surface area contributed by atoms with Crippen LogP contribution in [0.3, 0.4) is 0 Å². The molecule has 1 nitrogen and oxygen atoms in total. The van der Waals surface area contributed by atoms with Crippen LogP contribution in [0, 0.1) is 17.3 Å². The van der Waals surface area contributed by atoms with Crippen molar-refractivity contribution in [2.24, 2.45) is 22.2 Å². The fourth-order valence-corrected chi connectivity index (χ4v) is 3.74. The monoisotopic (exact) mass is 261 g/mol. The molecule has 1 aliphatic carbocycles. The molecule has 1 aliphatic heterocycles. The highest BCUT2D eigenvalue weighted by molar-refractivity contribution is 5.80. The maximum Gasteiger partial charge on any atom is 0.0562 e. The average Bonchev–Trinajstić information content (AvgIpc) is 2.39. The van der Waals surface area contributed by atoms with Crippen LogP contribution in [0.15, 0.2) is 16.6 Å². The minimum absolute atomic E-state index is 0.552. The van der Waals surface area contributed by atoms with Gasteiger partial charge >= 0.3 is 0 Å². The highest BCUT2D eigenvalue weighted by atomic mass is 14.8. The molecule has 2 unspecified atom stereocenters. The summed E-state index contributed by atoms with van der Waals surface area (Å²) in [7, 11) is 0. The molecule has 0 saturated heterocycles. The van der Waals surface area contributed by atoms with E-state index in [0.717, 1.165) is 5.92 Å². The highest BCUT2D eigenvalue weighted by Gasteiger charge is 2.38. The van der Waals surface area contributed by atoms with Gasteiger partial charge in [-0.25, -0.2) is 0 Å². The van der Waals surface area contributed by atoms with Crippen molar-refractivity contribution in [1.29, 1.82) is 0 Å². The van der Waals surface area contributed by atoms with Crippen LogP contribution in [-0.4, -0.2) is 12.3 Å². The van der Waals surface area contributed by atoms with E-state index in [2.05, 4.69) is 40.0 Å². The zero-order valence-electron chi connectivity index (χ0n) is 13.3. The van der Waals surface area contributed by atoms with Gasteiger partial charge in [-0.15, -0.1) is 0 Å². The Kier molecular flexibility index (Phi) is 4.86. The summed E-state index contributed by atoms with van der Waals surface area (Å²) >= 11 is 0. The number of nitrogens with zero attached hydrogens (tertiary/aromatic N) is 1. The number of hydrogen-bond acceptors (Lipinski definition) is 1. The van der Waals surface area contributed by atoms with Crippen molar-refractivity contribution in [1.82, 2.24) is 0 Å². The summed E-state index contributed by atoms with van der Waals surface area (Å²) in [4.78, 5) is 4.89. The van der Waals surface area contributed by atoms with E-state index in [0.29, 0.717) is 17.4 Å². The maximum atomic E-state index is 4.89. The van der Waals surface area contributed by atoms with Crippen LogP contribution in [-0.2, 0) is 0 Å². The standard InChI is InChI=1S/C18H31N/c1-5-15(12-18(6-2)10-7-11-18)17-9-8-16(13-19-17)14(3)4/h8,13-15,17H,5-7,9-12H2,1-4H3. The molecule has 0 amide bonds. The van der Waals surface area contributed by atoms with E-state index in [-0.39, 0.29) is 0 Å². The van der Waals surface area contributed by atoms with Gasteiger partial charge in [0.2, 0.25) is 0 Å². The molecular formula is C18H31N. The Hall–Kier alpha value is -0.590. The lowest BCUT2D eigenvalue weighted by molar-refractivity contribution is 0.0794. The number of dihydropyridines is 1. The van der Waals surface area contributed by atoms with Crippen molar-refractivity contribution in [3.63, 3.8) is 0 Å². The third-order valence-electron chi connectivity index (χ3n) is 5.60. The third-order valence-corrected chi connectivity index (χ3v) is 5.60. The molecule has 0 N–H and O–H groups in total. The Morgan fingerprint density at radius 2 is 2.05 bits per heavy atom. The molecule has 0 spiro atoms. The van der Waals surface area contributed by atoms with Gasteiger partial charge < -0.3 is 0 Å². The fourth-order valence-electron chi connectivity index (χ4n) is 3.74. The van der Waals surface area contributed by atoms with Crippen molar-refractivity contribution in [3.8, 4) is 0 Å². The van der Waals surface area contributed by atoms with Crippen LogP contribution in [0.4, 0.5) is 0 Å². The lowest BCUT2D eigenvalue weighted by Crippen LogP contribution is -2.34. The Bertz CT molecular complexity index is 341. The van der Waals surface area contributed by atoms with Gasteiger partial charge in [-0.1, -0.05) is 53.0 Å². The van der Waals surface area contributed by atoms with Gasteiger partial charge in [0.1, 0.15) is 0 Å². The quantitative estimate of drug-likeness (QED) is 0.606. The second-order valence-electron chi connectivity index (χ2n) is 7.02. The molecular weight excluding hydrogens is 230 g/mol. The SMILES string of the molecule is CCC(CC1(CC)CCC1)C1CC=C(C(C)C)C=N1. The van der Waals surface area contributed by atoms with Gasteiger partial charge in [0.05, 0.1) is 6.04 Å². The molecule has 108 valence electrons. The Labute approximate surface area is 119 Å². The molecule has 1 saturated carbocycles. The first kappa shape index (κ1) is 14.8. The van der Waals surface area contributed by atoms with Crippen LogP contribution in [0.1, 0.15) is 72.6 Å². The first-order valence-corrected chi connectivity index (χ1v) is 8.33. The second-order valence-corrected chi connectivity index (χ2v) is 7.02. The summed E-state index contributed by atoms with van der Waals surface area (Å²) in [6.07, 6.45) is 14.2. The third kappa shape index (κ3) is 3.30. The van der Waals surface area contributed by atoms with Crippen LogP contribution in [0.2, 0.25) is 0 Å². The predicted molar refractivity (Wildman–Crippen MR) is 84.8 cm³/mol. The Morgan fingerprint density at radius 1 is 1.32 bits per heavy atom. The van der Waals surface area contributed by atoms with Crippen molar-refractivity contribution < 1.29 is 0 Å². The lowest BCUT2D eigenvalue weighted by atomic mass is 9.61. The van der Waals surface area contributed by atoms with E-state index < -0.39 is 0 Å². The summed E-state index contributed by atoms with van der Waals surface area (Å²) < 4.78 is 0. The summed E-state index contributed by atoms with van der Waals surface area (Å²) in [6, 6.07) is 0.552. The molecule has 19 heavy (non-hydrogen) atoms. The van der Waals surface area contributed by atoms with E-state index in [9.17, 15) is 0 Å². The first-order valence-electron chi connectivity index (χ1n) is 8.33. The largest absolute Gasteiger partial charge is 0.289 e. The van der Waals surface area contributed by atoms with E-state index in [1.165, 1.54) is 50.5 Å². The second kappa shape index (κ2) is 6.24. The van der Waals surface area contributed by atoms with Gasteiger partial charge in [-0.2, -0.15) is 0 Å². The molecule has 1 fully saturated rings. The van der Waals surface area contributed by atoms with Gasteiger partial charge in [0, 0.05) is 6.21 Å². The molecule has 0 aromatic carbocycles. The molecule has 0 radical (unpaired) electrons. The molecule has 2 aliphatic rings. The number of hydrogen-bond donors (Lipinski definition) is 0. The maximum absolute atomic E-state index is 4.89. The number of allylic oxidation sites excluding steroid dienone is 1. The molecule has 1 heterocycles. The fraction of sp³-hybridized carbons (Fsp3) is 0.833. The normalized spacial score (nSPS) is 27.0. The zero-order chi connectivity index (χ0) is 13.9. The minimum Gasteiger partial charge on any atom is -0.289 e. The van der Waals surface area contributed by atoms with Crippen LogP contribution in [0.5, 0.6) is 0 Å². The van der Waals surface area contributed by atoms with Gasteiger partial charge in [0.15, 0.2) is 0 Å². The van der Waals surface area contributed by atoms with Gasteiger partial charge in [-0.3, -0.25) is 4.99 Å². The molecule has 0 aromatic rings. The molecule has 0 bridgehead atoms. The summed E-state index contributed by atoms with van der Waals surface area (Å²) in [5.41, 5.74) is 2.11. The summed E-state index contributed by atoms with van der Waals surface area (Å²) in [6.45, 7) is 9.25. The number of rotatable bonds is 6.